The largest absolute Gasteiger partial charge is 0.482 e. The summed E-state index contributed by atoms with van der Waals surface area (Å²) < 4.78 is 46.9. The summed E-state index contributed by atoms with van der Waals surface area (Å²) in [6.45, 7) is 11.4. The van der Waals surface area contributed by atoms with E-state index in [1.807, 2.05) is 44.2 Å². The van der Waals surface area contributed by atoms with E-state index in [1.54, 1.807) is 9.80 Å². The summed E-state index contributed by atoms with van der Waals surface area (Å²) >= 11 is 0. The van der Waals surface area contributed by atoms with Gasteiger partial charge in [-0.3, -0.25) is 14.5 Å². The average molecular weight is 669 g/mol. The second kappa shape index (κ2) is 13.3. The van der Waals surface area contributed by atoms with Crippen molar-refractivity contribution in [3.05, 3.63) is 35.9 Å². The number of hydrogen-bond acceptors (Lipinski definition) is 7. The maximum absolute atomic E-state index is 13.8. The van der Waals surface area contributed by atoms with Crippen molar-refractivity contribution in [2.45, 2.75) is 115 Å². The van der Waals surface area contributed by atoms with Crippen molar-refractivity contribution in [3.63, 3.8) is 0 Å². The molecule has 3 aliphatic carbocycles. The quantitative estimate of drug-likeness (QED) is 0.343. The minimum Gasteiger partial charge on any atom is -0.404 e. The zero-order valence-electron chi connectivity index (χ0n) is 29.1. The van der Waals surface area contributed by atoms with Crippen LogP contribution in [0.3, 0.4) is 0 Å². The highest BCUT2D eigenvalue weighted by atomic mass is 19.3. The molecule has 0 radical (unpaired) electrons. The van der Waals surface area contributed by atoms with Crippen molar-refractivity contribution in [2.24, 2.45) is 23.2 Å². The molecule has 3 saturated heterocycles. The van der Waals surface area contributed by atoms with Crippen LogP contribution in [0.25, 0.3) is 0 Å². The van der Waals surface area contributed by atoms with E-state index in [-0.39, 0.29) is 62.3 Å². The summed E-state index contributed by atoms with van der Waals surface area (Å²) in [5, 5.41) is 13.1. The number of nitriles is 1. The van der Waals surface area contributed by atoms with Crippen LogP contribution in [0.1, 0.15) is 78.7 Å². The zero-order valence-corrected chi connectivity index (χ0v) is 29.1. The van der Waals surface area contributed by atoms with Gasteiger partial charge in [0, 0.05) is 31.6 Å². The van der Waals surface area contributed by atoms with Gasteiger partial charge in [-0.25, -0.2) is 8.78 Å². The number of nitrogens with zero attached hydrogens (tertiary/aromatic N) is 3. The molecule has 2 bridgehead atoms. The van der Waals surface area contributed by atoms with Crippen LogP contribution < -0.4 is 5.32 Å². The van der Waals surface area contributed by atoms with Gasteiger partial charge in [-0.05, 0) is 75.7 Å². The average Bonchev–Trinajstić information content (AvgIpc) is 3.60. The Morgan fingerprint density at radius 1 is 1.17 bits per heavy atom. The van der Waals surface area contributed by atoms with Gasteiger partial charge in [0.15, 0.2) is 0 Å². The Hall–Kier alpha value is -2.59. The molecule has 12 heteroatoms. The Balaban J connectivity index is 1.05. The van der Waals surface area contributed by atoms with Crippen molar-refractivity contribution < 1.29 is 32.4 Å². The highest BCUT2D eigenvalue weighted by Crippen LogP contribution is 2.65. The Morgan fingerprint density at radius 3 is 2.58 bits per heavy atom. The van der Waals surface area contributed by atoms with E-state index in [1.165, 1.54) is 0 Å². The van der Waals surface area contributed by atoms with Crippen molar-refractivity contribution in [3.8, 4) is 6.07 Å². The van der Waals surface area contributed by atoms with E-state index in [0.717, 1.165) is 18.4 Å². The third-order valence-corrected chi connectivity index (χ3v) is 12.3. The number of halogens is 2. The molecule has 7 rings (SSSR count). The number of morpholine rings is 1. The first kappa shape index (κ1) is 35.2. The molecule has 48 heavy (non-hydrogen) atoms. The number of carbonyl (C=O) groups is 2. The fraction of sp³-hybridized carbons (Fsp3) is 0.750. The molecule has 262 valence electrons. The van der Waals surface area contributed by atoms with E-state index >= 15 is 0 Å². The first-order valence-corrected chi connectivity index (χ1v) is 17.7. The molecule has 3 saturated carbocycles. The Kier molecular flexibility index (Phi) is 9.75. The number of benzene rings is 1. The molecule has 6 aliphatic rings. The van der Waals surface area contributed by atoms with Gasteiger partial charge in [-0.1, -0.05) is 44.2 Å². The third kappa shape index (κ3) is 7.03. The molecule has 1 aromatic carbocycles. The van der Waals surface area contributed by atoms with Gasteiger partial charge in [0.2, 0.25) is 11.8 Å². The van der Waals surface area contributed by atoms with Crippen LogP contribution >= 0.6 is 0 Å². The van der Waals surface area contributed by atoms with Gasteiger partial charge in [0.05, 0.1) is 49.4 Å². The second-order valence-corrected chi connectivity index (χ2v) is 16.2. The molecule has 6 fully saturated rings. The lowest BCUT2D eigenvalue weighted by molar-refractivity contribution is -0.199. The van der Waals surface area contributed by atoms with Crippen LogP contribution in [0.4, 0.5) is 8.78 Å². The number of alkyl halides is 2. The molecule has 3 heterocycles. The van der Waals surface area contributed by atoms with Crippen LogP contribution in [-0.4, -0.2) is 96.7 Å². The van der Waals surface area contributed by atoms with Crippen LogP contribution in [-0.2, 0) is 30.1 Å². The predicted molar refractivity (Wildman–Crippen MR) is 177 cm³/mol. The normalized spacial score (nSPS) is 32.1. The fourth-order valence-corrected chi connectivity index (χ4v) is 9.04. The zero-order chi connectivity index (χ0) is 34.5. The fourth-order valence-electron chi connectivity index (χ4n) is 9.04. The molecule has 0 aromatic heterocycles. The molecule has 7 atom stereocenters. The van der Waals surface area contributed by atoms with Crippen molar-refractivity contribution in [1.29, 1.82) is 5.26 Å². The smallest absolute Gasteiger partial charge is 0.404 e. The summed E-state index contributed by atoms with van der Waals surface area (Å²) in [5.74, 6) is -3.51. The van der Waals surface area contributed by atoms with E-state index in [4.69, 9.17) is 14.0 Å². The van der Waals surface area contributed by atoms with Gasteiger partial charge in [-0.15, -0.1) is 0 Å². The molecule has 1 N–H and O–H groups in total. The SMILES string of the molecule is CC1(C)[C@@H]2C[C@H]3OB([C@H](Cc4ccccc4)NC(=O)C[C@H]4CN(C(=O)C(C#N)CCC(C)(C)N5CCC(F)(F)C5)CCO4)O[C@@]3(C)[C@H]1C2. The number of carbonyl (C=O) groups excluding carboxylic acids is 2. The van der Waals surface area contributed by atoms with Crippen LogP contribution in [0, 0.1) is 34.5 Å². The van der Waals surface area contributed by atoms with Gasteiger partial charge in [0.25, 0.3) is 5.92 Å². The first-order chi connectivity index (χ1) is 22.6. The van der Waals surface area contributed by atoms with Crippen LogP contribution in [0.5, 0.6) is 0 Å². The van der Waals surface area contributed by atoms with Crippen molar-refractivity contribution >= 4 is 18.9 Å². The Morgan fingerprint density at radius 2 is 1.92 bits per heavy atom. The lowest BCUT2D eigenvalue weighted by atomic mass is 9.43. The highest BCUT2D eigenvalue weighted by molar-refractivity contribution is 6.48. The van der Waals surface area contributed by atoms with E-state index in [2.05, 4.69) is 32.2 Å². The summed E-state index contributed by atoms with van der Waals surface area (Å²) in [7, 11) is -0.586. The number of ether oxygens (including phenoxy) is 1. The summed E-state index contributed by atoms with van der Waals surface area (Å²) in [5.41, 5.74) is 0.308. The Labute approximate surface area is 284 Å². The van der Waals surface area contributed by atoms with E-state index in [0.29, 0.717) is 37.8 Å². The Bertz CT molecular complexity index is 1390. The predicted octanol–water partition coefficient (Wildman–Crippen LogP) is 4.64. The van der Waals surface area contributed by atoms with Gasteiger partial charge in [-0.2, -0.15) is 5.26 Å². The van der Waals surface area contributed by atoms with Gasteiger partial charge >= 0.3 is 7.12 Å². The molecule has 3 aliphatic heterocycles. The molecular weight excluding hydrogens is 617 g/mol. The lowest BCUT2D eigenvalue weighted by Gasteiger charge is -2.64. The van der Waals surface area contributed by atoms with Crippen molar-refractivity contribution in [1.82, 2.24) is 15.1 Å². The van der Waals surface area contributed by atoms with E-state index < -0.39 is 42.1 Å². The van der Waals surface area contributed by atoms with Crippen LogP contribution in [0.2, 0.25) is 0 Å². The standard InChI is InChI=1S/C36H51BF2N4O5/c1-33(2,43-14-13-36(38,39)23-43)12-11-25(21-40)32(45)42-15-16-46-27(22-42)20-31(44)41-30(17-24-9-7-6-8-10-24)37-47-29-19-26-18-28(34(26,3)4)35(29,5)48-37/h6-10,25-30H,11-20,22-23H2,1-5H3,(H,41,44)/t25?,26-,27-,28-,29+,30-,35-/m0/s1. The minimum atomic E-state index is -2.70. The molecule has 1 aromatic rings. The minimum absolute atomic E-state index is 0.00866. The summed E-state index contributed by atoms with van der Waals surface area (Å²) in [4.78, 5) is 30.4. The maximum atomic E-state index is 13.8. The third-order valence-electron chi connectivity index (χ3n) is 12.3. The van der Waals surface area contributed by atoms with E-state index in [9.17, 15) is 23.6 Å². The van der Waals surface area contributed by atoms with Gasteiger partial charge in [0.1, 0.15) is 5.92 Å². The number of rotatable bonds is 11. The van der Waals surface area contributed by atoms with Crippen LogP contribution in [0.15, 0.2) is 30.3 Å². The second-order valence-electron chi connectivity index (χ2n) is 16.2. The first-order valence-electron chi connectivity index (χ1n) is 17.7. The molecule has 9 nitrogen and oxygen atoms in total. The summed E-state index contributed by atoms with van der Waals surface area (Å²) in [6, 6.07) is 12.1. The van der Waals surface area contributed by atoms with Gasteiger partial charge < -0.3 is 24.3 Å². The number of nitrogens with one attached hydrogen (secondary N) is 1. The maximum Gasteiger partial charge on any atom is 0.482 e. The molecule has 0 spiro atoms. The number of amides is 2. The molecule has 2 amide bonds. The topological polar surface area (TPSA) is 104 Å². The number of likely N-dealkylation sites (tertiary alicyclic amines) is 1. The lowest BCUT2D eigenvalue weighted by Crippen LogP contribution is -2.65. The highest BCUT2D eigenvalue weighted by Gasteiger charge is 2.68. The molecular formula is C36H51BF2N4O5. The van der Waals surface area contributed by atoms with Crippen molar-refractivity contribution in [2.75, 3.05) is 32.8 Å². The monoisotopic (exact) mass is 668 g/mol. The summed E-state index contributed by atoms with van der Waals surface area (Å²) in [6.07, 6.45) is 2.69. The number of hydrogen-bond donors (Lipinski definition) is 1. The molecule has 1 unspecified atom stereocenters.